The number of amides is 2. The third kappa shape index (κ3) is 5.49. The van der Waals surface area contributed by atoms with Crippen LogP contribution in [0.1, 0.15) is 81.0 Å². The Balaban J connectivity index is 1.18. The minimum Gasteiger partial charge on any atom is -0.493 e. The summed E-state index contributed by atoms with van der Waals surface area (Å²) >= 11 is 1.57. The molecule has 4 aliphatic carbocycles. The van der Waals surface area contributed by atoms with E-state index in [9.17, 15) is 19.5 Å². The number of aromatic carboxylic acids is 1. The van der Waals surface area contributed by atoms with Gasteiger partial charge in [-0.15, -0.1) is 11.3 Å². The Labute approximate surface area is 276 Å². The molecule has 5 N–H and O–H groups in total. The highest BCUT2D eigenvalue weighted by molar-refractivity contribution is 7.13. The van der Waals surface area contributed by atoms with Crippen molar-refractivity contribution < 1.29 is 24.2 Å². The number of carboxylic acids is 1. The van der Waals surface area contributed by atoms with Gasteiger partial charge in [-0.3, -0.25) is 9.59 Å². The number of carbonyl (C=O) groups excluding carboxylic acids is 2. The van der Waals surface area contributed by atoms with Crippen molar-refractivity contribution in [3.05, 3.63) is 88.1 Å². The van der Waals surface area contributed by atoms with E-state index in [-0.39, 0.29) is 34.0 Å². The predicted octanol–water partition coefficient (Wildman–Crippen LogP) is 6.52. The summed E-state index contributed by atoms with van der Waals surface area (Å²) in [5.74, 6) is 0.455. The number of hydrogen-bond acceptors (Lipinski definition) is 7. The summed E-state index contributed by atoms with van der Waals surface area (Å²) in [6.07, 6.45) is 7.39. The molecule has 9 nitrogen and oxygen atoms in total. The molecular weight excluding hydrogens is 612 g/mol. The largest absolute Gasteiger partial charge is 0.493 e. The van der Waals surface area contributed by atoms with Gasteiger partial charge in [0.1, 0.15) is 11.4 Å². The van der Waals surface area contributed by atoms with Crippen LogP contribution in [0.2, 0.25) is 0 Å². The molecule has 10 heteroatoms. The van der Waals surface area contributed by atoms with E-state index in [1.807, 2.05) is 17.5 Å². The van der Waals surface area contributed by atoms with Gasteiger partial charge < -0.3 is 26.2 Å². The monoisotopic (exact) mass is 648 g/mol. The quantitative estimate of drug-likeness (QED) is 0.179. The summed E-state index contributed by atoms with van der Waals surface area (Å²) in [4.78, 5) is 45.8. The molecule has 0 spiro atoms. The molecule has 0 saturated heterocycles. The summed E-state index contributed by atoms with van der Waals surface area (Å²) in [5, 5.41) is 18.7. The number of rotatable bonds is 7. The van der Waals surface area contributed by atoms with E-state index in [1.54, 1.807) is 47.7 Å². The van der Waals surface area contributed by atoms with Crippen LogP contribution in [-0.2, 0) is 13.0 Å². The number of carboxylic acid groups (broad SMARTS) is 1. The van der Waals surface area contributed by atoms with E-state index in [2.05, 4.69) is 21.7 Å². The van der Waals surface area contributed by atoms with Crippen LogP contribution in [0.3, 0.4) is 0 Å². The number of anilines is 1. The van der Waals surface area contributed by atoms with Crippen LogP contribution in [-0.4, -0.2) is 40.0 Å². The first-order valence-electron chi connectivity index (χ1n) is 16.3. The molecule has 2 aromatic carbocycles. The number of pyridine rings is 1. The molecule has 4 aromatic rings. The lowest BCUT2D eigenvalue weighted by atomic mass is 9.53. The van der Waals surface area contributed by atoms with Gasteiger partial charge in [0.25, 0.3) is 11.8 Å². The number of nitrogens with zero attached hydrogens (tertiary/aromatic N) is 1. The van der Waals surface area contributed by atoms with Gasteiger partial charge >= 0.3 is 5.97 Å². The van der Waals surface area contributed by atoms with Crippen LogP contribution in [0.5, 0.6) is 5.75 Å². The zero-order valence-corrected chi connectivity index (χ0v) is 26.7. The summed E-state index contributed by atoms with van der Waals surface area (Å²) < 4.78 is 6.16. The van der Waals surface area contributed by atoms with Crippen molar-refractivity contribution in [2.24, 2.45) is 23.5 Å². The van der Waals surface area contributed by atoms with E-state index < -0.39 is 11.9 Å². The van der Waals surface area contributed by atoms with Gasteiger partial charge in [0, 0.05) is 51.3 Å². The summed E-state index contributed by atoms with van der Waals surface area (Å²) in [6.45, 7) is 0.830. The topological polar surface area (TPSA) is 144 Å². The third-order valence-corrected chi connectivity index (χ3v) is 11.5. The fraction of sp³-hybridized carbons (Fsp3) is 0.351. The molecule has 4 fully saturated rings. The molecule has 4 saturated carbocycles. The van der Waals surface area contributed by atoms with Crippen LogP contribution in [0.4, 0.5) is 5.69 Å². The number of ether oxygens (including phenoxy) is 1. The third-order valence-electron chi connectivity index (χ3n) is 10.5. The lowest BCUT2D eigenvalue weighted by Crippen LogP contribution is -2.59. The Morgan fingerprint density at radius 1 is 0.915 bits per heavy atom. The van der Waals surface area contributed by atoms with Gasteiger partial charge in [0.05, 0.1) is 6.61 Å². The maximum absolute atomic E-state index is 14.0. The van der Waals surface area contributed by atoms with Crippen LogP contribution in [0.15, 0.2) is 60.0 Å². The minimum atomic E-state index is -1.29. The summed E-state index contributed by atoms with van der Waals surface area (Å²) in [5.41, 5.74) is 9.55. The Morgan fingerprint density at radius 2 is 1.64 bits per heavy atom. The van der Waals surface area contributed by atoms with Crippen molar-refractivity contribution >= 4 is 34.8 Å². The lowest BCUT2D eigenvalue weighted by Gasteiger charge is -2.56. The van der Waals surface area contributed by atoms with E-state index in [0.717, 1.165) is 40.8 Å². The Hall–Kier alpha value is -4.54. The highest BCUT2D eigenvalue weighted by Gasteiger charge is 2.51. The molecule has 2 amide bonds. The normalized spacial score (nSPS) is 23.6. The Morgan fingerprint density at radius 3 is 2.32 bits per heavy atom. The second-order valence-electron chi connectivity index (χ2n) is 13.7. The van der Waals surface area contributed by atoms with Crippen LogP contribution in [0.25, 0.3) is 21.6 Å². The van der Waals surface area contributed by atoms with Crippen molar-refractivity contribution in [1.82, 2.24) is 10.3 Å². The van der Waals surface area contributed by atoms with Crippen LogP contribution < -0.4 is 21.1 Å². The number of aromatic nitrogens is 1. The molecule has 0 unspecified atom stereocenters. The van der Waals surface area contributed by atoms with Crippen LogP contribution in [0, 0.1) is 17.8 Å². The van der Waals surface area contributed by atoms with Gasteiger partial charge in [0.15, 0.2) is 5.69 Å². The van der Waals surface area contributed by atoms with Crippen molar-refractivity contribution in [2.75, 3.05) is 11.9 Å². The molecule has 0 radical (unpaired) electrons. The SMILES string of the molecule is NCc1ccc(NC(=O)c2cc3c(cc2-c2ccc(C(=O)NC45CC6CC(CC(C6)C4)C5)nc2C(=O)O)OCCc2ccsc2-3)cc1. The zero-order valence-electron chi connectivity index (χ0n) is 25.9. The van der Waals surface area contributed by atoms with E-state index in [4.69, 9.17) is 10.5 Å². The van der Waals surface area contributed by atoms with E-state index in [0.29, 0.717) is 54.3 Å². The molecule has 1 aliphatic heterocycles. The van der Waals surface area contributed by atoms with Gasteiger partial charge in [-0.25, -0.2) is 9.78 Å². The first-order chi connectivity index (χ1) is 22.8. The molecule has 2 aromatic heterocycles. The fourth-order valence-electron chi connectivity index (χ4n) is 8.78. The molecule has 47 heavy (non-hydrogen) atoms. The maximum atomic E-state index is 14.0. The molecular formula is C37H36N4O5S. The molecule has 0 atom stereocenters. The van der Waals surface area contributed by atoms with Crippen molar-refractivity contribution in [3.63, 3.8) is 0 Å². The second kappa shape index (κ2) is 11.6. The number of nitrogens with two attached hydrogens (primary N) is 1. The maximum Gasteiger partial charge on any atom is 0.355 e. The lowest BCUT2D eigenvalue weighted by molar-refractivity contribution is -0.0167. The van der Waals surface area contributed by atoms with Crippen LogP contribution >= 0.6 is 11.3 Å². The van der Waals surface area contributed by atoms with Crippen molar-refractivity contribution in [2.45, 2.75) is 57.0 Å². The fourth-order valence-corrected chi connectivity index (χ4v) is 9.76. The van der Waals surface area contributed by atoms with Crippen molar-refractivity contribution in [3.8, 4) is 27.3 Å². The van der Waals surface area contributed by atoms with Gasteiger partial charge in [0.2, 0.25) is 0 Å². The van der Waals surface area contributed by atoms with Gasteiger partial charge in [-0.2, -0.15) is 0 Å². The van der Waals surface area contributed by atoms with Gasteiger partial charge in [-0.05, 0) is 115 Å². The number of thiophene rings is 1. The average Bonchev–Trinajstić information content (AvgIpc) is 3.45. The smallest absolute Gasteiger partial charge is 0.355 e. The first kappa shape index (κ1) is 29.8. The van der Waals surface area contributed by atoms with Gasteiger partial charge in [-0.1, -0.05) is 12.1 Å². The Bertz CT molecular complexity index is 1880. The molecule has 240 valence electrons. The molecule has 3 heterocycles. The van der Waals surface area contributed by atoms with E-state index >= 15 is 0 Å². The first-order valence-corrected chi connectivity index (χ1v) is 17.2. The van der Waals surface area contributed by atoms with Crippen molar-refractivity contribution in [1.29, 1.82) is 0 Å². The number of hydrogen-bond donors (Lipinski definition) is 4. The molecule has 5 aliphatic rings. The Kier molecular flexibility index (Phi) is 7.37. The molecule has 4 bridgehead atoms. The standard InChI is InChI=1S/C37H36N4O5S/c38-19-20-1-3-25(4-2-20)39-34(42)28-14-29-31(46-9-7-24-8-10-47-33(24)29)15-27(28)26-5-6-30(40-32(26)36(44)45)35(43)41-37-16-21-11-22(17-37)13-23(12-21)18-37/h1-6,8,10,14-15,21-23H,7,9,11-13,16-19,38H2,(H,39,42)(H,41,43)(H,44,45). The second-order valence-corrected chi connectivity index (χ2v) is 14.6. The minimum absolute atomic E-state index is 0.0575. The number of fused-ring (bicyclic) bond motifs is 3. The number of carbonyl (C=O) groups is 3. The highest BCUT2D eigenvalue weighted by atomic mass is 32.1. The highest BCUT2D eigenvalue weighted by Crippen LogP contribution is 2.55. The zero-order chi connectivity index (χ0) is 32.3. The van der Waals surface area contributed by atoms with E-state index in [1.165, 1.54) is 19.3 Å². The average molecular weight is 649 g/mol. The number of nitrogens with one attached hydrogen (secondary N) is 2. The molecule has 9 rings (SSSR count). The summed E-state index contributed by atoms with van der Waals surface area (Å²) in [6, 6.07) is 16.0. The summed E-state index contributed by atoms with van der Waals surface area (Å²) in [7, 11) is 0. The number of benzene rings is 2. The predicted molar refractivity (Wildman–Crippen MR) is 180 cm³/mol.